The molecule has 0 radical (unpaired) electrons. The molecule has 1 aromatic carbocycles. The van der Waals surface area contributed by atoms with Gasteiger partial charge in [0.1, 0.15) is 11.9 Å². The second-order valence-electron chi connectivity index (χ2n) is 3.45. The lowest BCUT2D eigenvalue weighted by Crippen LogP contribution is -2.09. The quantitative estimate of drug-likeness (QED) is 0.782. The van der Waals surface area contributed by atoms with E-state index >= 15 is 0 Å². The van der Waals surface area contributed by atoms with Crippen LogP contribution in [0.4, 0.5) is 0 Å². The van der Waals surface area contributed by atoms with Gasteiger partial charge in [-0.3, -0.25) is 0 Å². The summed E-state index contributed by atoms with van der Waals surface area (Å²) in [5.74, 6) is 0.583. The Kier molecular flexibility index (Phi) is 5.60. The van der Waals surface area contributed by atoms with Crippen molar-refractivity contribution in [3.05, 3.63) is 28.8 Å². The predicted octanol–water partition coefficient (Wildman–Crippen LogP) is 2.81. The van der Waals surface area contributed by atoms with Gasteiger partial charge in [0.25, 0.3) is 0 Å². The number of methoxy groups -OCH3 is 1. The minimum Gasteiger partial charge on any atom is -0.496 e. The Morgan fingerprint density at radius 1 is 1.44 bits per heavy atom. The van der Waals surface area contributed by atoms with Crippen molar-refractivity contribution in [3.63, 3.8) is 0 Å². The molecule has 1 atom stereocenters. The van der Waals surface area contributed by atoms with Crippen LogP contribution in [0.1, 0.15) is 25.0 Å². The summed E-state index contributed by atoms with van der Waals surface area (Å²) in [6.07, 6.45) is 0.169. The average Bonchev–Trinajstić information content (AvgIpc) is 2.28. The van der Waals surface area contributed by atoms with Crippen molar-refractivity contribution in [2.75, 3.05) is 20.3 Å². The second kappa shape index (κ2) is 6.74. The fourth-order valence-corrected chi connectivity index (χ4v) is 1.73. The SMILES string of the molecule is CCCOCC(O)c1c(Cl)cccc1OC. The molecule has 0 aromatic heterocycles. The van der Waals surface area contributed by atoms with Crippen LogP contribution in [0, 0.1) is 0 Å². The number of ether oxygens (including phenoxy) is 2. The van der Waals surface area contributed by atoms with Gasteiger partial charge < -0.3 is 14.6 Å². The van der Waals surface area contributed by atoms with Crippen LogP contribution in [-0.2, 0) is 4.74 Å². The second-order valence-corrected chi connectivity index (χ2v) is 3.85. The van der Waals surface area contributed by atoms with Gasteiger partial charge in [-0.15, -0.1) is 0 Å². The molecular weight excluding hydrogens is 228 g/mol. The molecule has 1 N–H and O–H groups in total. The third kappa shape index (κ3) is 3.37. The number of hydrogen-bond acceptors (Lipinski definition) is 3. The first-order valence-corrected chi connectivity index (χ1v) is 5.66. The molecule has 16 heavy (non-hydrogen) atoms. The van der Waals surface area contributed by atoms with Crippen LogP contribution in [0.3, 0.4) is 0 Å². The highest BCUT2D eigenvalue weighted by Crippen LogP contribution is 2.32. The Labute approximate surface area is 101 Å². The van der Waals surface area contributed by atoms with E-state index in [9.17, 15) is 5.11 Å². The molecule has 0 aliphatic rings. The van der Waals surface area contributed by atoms with Crippen molar-refractivity contribution < 1.29 is 14.6 Å². The summed E-state index contributed by atoms with van der Waals surface area (Å²) in [6, 6.07) is 5.27. The fourth-order valence-electron chi connectivity index (χ4n) is 1.44. The minimum atomic E-state index is -0.754. The number of aliphatic hydroxyl groups excluding tert-OH is 1. The van der Waals surface area contributed by atoms with Crippen molar-refractivity contribution in [3.8, 4) is 5.75 Å². The van der Waals surface area contributed by atoms with Gasteiger partial charge in [0.15, 0.2) is 0 Å². The molecule has 1 rings (SSSR count). The molecule has 4 heteroatoms. The first-order chi connectivity index (χ1) is 7.70. The van der Waals surface area contributed by atoms with Crippen LogP contribution in [-0.4, -0.2) is 25.4 Å². The van der Waals surface area contributed by atoms with Gasteiger partial charge in [-0.05, 0) is 18.6 Å². The van der Waals surface area contributed by atoms with Gasteiger partial charge >= 0.3 is 0 Å². The highest BCUT2D eigenvalue weighted by atomic mass is 35.5. The lowest BCUT2D eigenvalue weighted by molar-refractivity contribution is 0.0352. The third-order valence-corrected chi connectivity index (χ3v) is 2.52. The van der Waals surface area contributed by atoms with E-state index in [4.69, 9.17) is 21.1 Å². The molecule has 0 aliphatic carbocycles. The van der Waals surface area contributed by atoms with Crippen molar-refractivity contribution in [1.82, 2.24) is 0 Å². The van der Waals surface area contributed by atoms with Crippen LogP contribution < -0.4 is 4.74 Å². The van der Waals surface area contributed by atoms with Crippen LogP contribution in [0.25, 0.3) is 0 Å². The van der Waals surface area contributed by atoms with Crippen LogP contribution in [0.15, 0.2) is 18.2 Å². The van der Waals surface area contributed by atoms with E-state index in [2.05, 4.69) is 0 Å². The predicted molar refractivity (Wildman–Crippen MR) is 64.1 cm³/mol. The number of aliphatic hydroxyl groups is 1. The standard InChI is InChI=1S/C12H17ClO3/c1-3-7-16-8-10(14)12-9(13)5-4-6-11(12)15-2/h4-6,10,14H,3,7-8H2,1-2H3. The highest BCUT2D eigenvalue weighted by molar-refractivity contribution is 6.31. The molecule has 90 valence electrons. The molecule has 0 bridgehead atoms. The van der Waals surface area contributed by atoms with Crippen molar-refractivity contribution in [2.45, 2.75) is 19.4 Å². The summed E-state index contributed by atoms with van der Waals surface area (Å²) < 4.78 is 10.4. The zero-order valence-electron chi connectivity index (χ0n) is 9.57. The van der Waals surface area contributed by atoms with Crippen LogP contribution in [0.5, 0.6) is 5.75 Å². The van der Waals surface area contributed by atoms with Gasteiger partial charge in [-0.25, -0.2) is 0 Å². The zero-order valence-corrected chi connectivity index (χ0v) is 10.3. The smallest absolute Gasteiger partial charge is 0.126 e. The number of benzene rings is 1. The molecule has 1 aromatic rings. The topological polar surface area (TPSA) is 38.7 Å². The Balaban J connectivity index is 2.76. The molecule has 0 heterocycles. The molecule has 0 saturated heterocycles. The summed E-state index contributed by atoms with van der Waals surface area (Å²) in [6.45, 7) is 2.88. The van der Waals surface area contributed by atoms with Crippen LogP contribution >= 0.6 is 11.6 Å². The number of hydrogen-bond donors (Lipinski definition) is 1. The first-order valence-electron chi connectivity index (χ1n) is 5.28. The normalized spacial score (nSPS) is 12.5. The summed E-state index contributed by atoms with van der Waals surface area (Å²) >= 11 is 6.02. The van der Waals surface area contributed by atoms with E-state index in [1.807, 2.05) is 6.92 Å². The summed E-state index contributed by atoms with van der Waals surface area (Å²) in [4.78, 5) is 0. The molecule has 3 nitrogen and oxygen atoms in total. The first kappa shape index (κ1) is 13.3. The Morgan fingerprint density at radius 2 is 2.19 bits per heavy atom. The van der Waals surface area contributed by atoms with Gasteiger partial charge in [-0.1, -0.05) is 24.6 Å². The average molecular weight is 245 g/mol. The van der Waals surface area contributed by atoms with E-state index in [1.54, 1.807) is 25.3 Å². The van der Waals surface area contributed by atoms with E-state index in [-0.39, 0.29) is 6.61 Å². The molecule has 0 spiro atoms. The summed E-state index contributed by atoms with van der Waals surface area (Å²) in [5.41, 5.74) is 0.586. The molecule has 0 fully saturated rings. The maximum absolute atomic E-state index is 9.95. The largest absolute Gasteiger partial charge is 0.496 e. The summed E-state index contributed by atoms with van der Waals surface area (Å²) in [5, 5.41) is 10.4. The summed E-state index contributed by atoms with van der Waals surface area (Å²) in [7, 11) is 1.55. The van der Waals surface area contributed by atoms with Crippen LogP contribution in [0.2, 0.25) is 5.02 Å². The zero-order chi connectivity index (χ0) is 12.0. The number of rotatable bonds is 6. The Morgan fingerprint density at radius 3 is 2.81 bits per heavy atom. The molecule has 0 aliphatic heterocycles. The van der Waals surface area contributed by atoms with Gasteiger partial charge in [0.2, 0.25) is 0 Å². The fraction of sp³-hybridized carbons (Fsp3) is 0.500. The third-order valence-electron chi connectivity index (χ3n) is 2.19. The lowest BCUT2D eigenvalue weighted by Gasteiger charge is -2.16. The minimum absolute atomic E-state index is 0.230. The van der Waals surface area contributed by atoms with Gasteiger partial charge in [-0.2, -0.15) is 0 Å². The maximum atomic E-state index is 9.95. The van der Waals surface area contributed by atoms with Crippen molar-refractivity contribution in [1.29, 1.82) is 0 Å². The lowest BCUT2D eigenvalue weighted by atomic mass is 10.1. The highest BCUT2D eigenvalue weighted by Gasteiger charge is 2.16. The Hall–Kier alpha value is -0.770. The molecule has 1 unspecified atom stereocenters. The Bertz CT molecular complexity index is 328. The number of halogens is 1. The molecule has 0 saturated carbocycles. The van der Waals surface area contributed by atoms with Crippen molar-refractivity contribution in [2.24, 2.45) is 0 Å². The van der Waals surface area contributed by atoms with E-state index < -0.39 is 6.10 Å². The van der Waals surface area contributed by atoms with Gasteiger partial charge in [0.05, 0.1) is 18.7 Å². The molecular formula is C12H17ClO3. The molecule has 0 amide bonds. The van der Waals surface area contributed by atoms with Crippen molar-refractivity contribution >= 4 is 11.6 Å². The van der Waals surface area contributed by atoms with E-state index in [0.717, 1.165) is 6.42 Å². The van der Waals surface area contributed by atoms with Gasteiger partial charge in [0, 0.05) is 12.2 Å². The van der Waals surface area contributed by atoms with E-state index in [1.165, 1.54) is 0 Å². The van der Waals surface area contributed by atoms with E-state index in [0.29, 0.717) is 22.9 Å². The monoisotopic (exact) mass is 244 g/mol. The maximum Gasteiger partial charge on any atom is 0.126 e.